The molecule has 0 saturated carbocycles. The standard InChI is InChI=1S/C20H22FN3O2/c1-22(15-16-5-3-2-4-6-16)19(25)20(26)24-13-11-23(12-14-24)18-9-7-17(21)8-10-18/h2-10H,11-15H2,1H3. The van der Waals surface area contributed by atoms with Crippen molar-refractivity contribution in [2.75, 3.05) is 38.1 Å². The highest BCUT2D eigenvalue weighted by atomic mass is 19.1. The third-order valence-electron chi connectivity index (χ3n) is 4.55. The summed E-state index contributed by atoms with van der Waals surface area (Å²) in [5.74, 6) is -1.24. The number of hydrogen-bond acceptors (Lipinski definition) is 3. The van der Waals surface area contributed by atoms with Gasteiger partial charge in [-0.3, -0.25) is 9.59 Å². The molecule has 0 atom stereocenters. The lowest BCUT2D eigenvalue weighted by atomic mass is 10.2. The molecule has 1 heterocycles. The van der Waals surface area contributed by atoms with E-state index in [1.807, 2.05) is 30.3 Å². The van der Waals surface area contributed by atoms with Gasteiger partial charge in [-0.1, -0.05) is 30.3 Å². The van der Waals surface area contributed by atoms with E-state index < -0.39 is 11.8 Å². The largest absolute Gasteiger partial charge is 0.368 e. The Labute approximate surface area is 152 Å². The molecule has 0 aromatic heterocycles. The van der Waals surface area contributed by atoms with Gasteiger partial charge < -0.3 is 14.7 Å². The van der Waals surface area contributed by atoms with Gasteiger partial charge in [0, 0.05) is 45.5 Å². The van der Waals surface area contributed by atoms with Crippen molar-refractivity contribution in [1.29, 1.82) is 0 Å². The van der Waals surface area contributed by atoms with E-state index >= 15 is 0 Å². The van der Waals surface area contributed by atoms with Crippen LogP contribution < -0.4 is 4.90 Å². The third kappa shape index (κ3) is 4.20. The van der Waals surface area contributed by atoms with E-state index in [1.54, 1.807) is 24.1 Å². The summed E-state index contributed by atoms with van der Waals surface area (Å²) in [5.41, 5.74) is 1.91. The van der Waals surface area contributed by atoms with Crippen molar-refractivity contribution in [3.63, 3.8) is 0 Å². The van der Waals surface area contributed by atoms with Crippen LogP contribution in [0.5, 0.6) is 0 Å². The molecule has 1 fully saturated rings. The first kappa shape index (κ1) is 17.9. The summed E-state index contributed by atoms with van der Waals surface area (Å²) in [5, 5.41) is 0. The summed E-state index contributed by atoms with van der Waals surface area (Å²) < 4.78 is 13.0. The van der Waals surface area contributed by atoms with Crippen LogP contribution in [0.1, 0.15) is 5.56 Å². The molecule has 0 bridgehead atoms. The number of rotatable bonds is 3. The molecule has 26 heavy (non-hydrogen) atoms. The second kappa shape index (κ2) is 7.99. The minimum Gasteiger partial charge on any atom is -0.368 e. The maximum absolute atomic E-state index is 13.0. The van der Waals surface area contributed by atoms with Crippen molar-refractivity contribution in [3.05, 3.63) is 66.0 Å². The molecule has 1 saturated heterocycles. The minimum absolute atomic E-state index is 0.269. The maximum Gasteiger partial charge on any atom is 0.312 e. The SMILES string of the molecule is CN(Cc1ccccc1)C(=O)C(=O)N1CCN(c2ccc(F)cc2)CC1. The van der Waals surface area contributed by atoms with E-state index in [2.05, 4.69) is 4.90 Å². The van der Waals surface area contributed by atoms with Gasteiger partial charge in [-0.15, -0.1) is 0 Å². The number of carbonyl (C=O) groups is 2. The molecule has 0 N–H and O–H groups in total. The fourth-order valence-corrected chi connectivity index (χ4v) is 3.05. The Hall–Kier alpha value is -2.89. The first-order chi connectivity index (χ1) is 12.5. The smallest absolute Gasteiger partial charge is 0.312 e. The van der Waals surface area contributed by atoms with Crippen LogP contribution in [0, 0.1) is 5.82 Å². The highest BCUT2D eigenvalue weighted by Crippen LogP contribution is 2.17. The van der Waals surface area contributed by atoms with Gasteiger partial charge in [0.1, 0.15) is 5.82 Å². The number of halogens is 1. The van der Waals surface area contributed by atoms with Gasteiger partial charge in [-0.2, -0.15) is 0 Å². The molecule has 5 nitrogen and oxygen atoms in total. The molecule has 0 unspecified atom stereocenters. The predicted molar refractivity (Wildman–Crippen MR) is 98.1 cm³/mol. The first-order valence-corrected chi connectivity index (χ1v) is 8.63. The van der Waals surface area contributed by atoms with Crippen LogP contribution in [-0.2, 0) is 16.1 Å². The number of amides is 2. The molecule has 0 spiro atoms. The number of nitrogens with zero attached hydrogens (tertiary/aromatic N) is 3. The average molecular weight is 355 g/mol. The molecular formula is C20H22FN3O2. The zero-order valence-electron chi connectivity index (χ0n) is 14.8. The Morgan fingerprint density at radius 1 is 0.962 bits per heavy atom. The second-order valence-corrected chi connectivity index (χ2v) is 6.40. The minimum atomic E-state index is -0.496. The lowest BCUT2D eigenvalue weighted by molar-refractivity contribution is -0.151. The van der Waals surface area contributed by atoms with E-state index in [0.29, 0.717) is 32.7 Å². The maximum atomic E-state index is 13.0. The summed E-state index contributed by atoms with van der Waals surface area (Å²) in [4.78, 5) is 30.0. The number of carbonyl (C=O) groups excluding carboxylic acids is 2. The van der Waals surface area contributed by atoms with E-state index in [0.717, 1.165) is 11.3 Å². The lowest BCUT2D eigenvalue weighted by Gasteiger charge is -2.36. The third-order valence-corrected chi connectivity index (χ3v) is 4.55. The van der Waals surface area contributed by atoms with Crippen molar-refractivity contribution >= 4 is 17.5 Å². The summed E-state index contributed by atoms with van der Waals surface area (Å²) in [7, 11) is 1.64. The van der Waals surface area contributed by atoms with Gasteiger partial charge in [0.05, 0.1) is 0 Å². The molecule has 2 amide bonds. The Morgan fingerprint density at radius 2 is 1.58 bits per heavy atom. The fraction of sp³-hybridized carbons (Fsp3) is 0.300. The van der Waals surface area contributed by atoms with Crippen LogP contribution in [-0.4, -0.2) is 54.8 Å². The summed E-state index contributed by atoms with van der Waals surface area (Å²) in [6.45, 7) is 2.59. The van der Waals surface area contributed by atoms with E-state index in [4.69, 9.17) is 0 Å². The zero-order chi connectivity index (χ0) is 18.5. The van der Waals surface area contributed by atoms with E-state index in [1.165, 1.54) is 17.0 Å². The molecule has 2 aromatic carbocycles. The van der Waals surface area contributed by atoms with Gasteiger partial charge in [0.15, 0.2) is 0 Å². The highest BCUT2D eigenvalue weighted by molar-refractivity contribution is 6.34. The normalized spacial score (nSPS) is 14.2. The predicted octanol–water partition coefficient (Wildman–Crippen LogP) is 2.13. The molecule has 0 radical (unpaired) electrons. The van der Waals surface area contributed by atoms with Gasteiger partial charge >= 0.3 is 11.8 Å². The lowest BCUT2D eigenvalue weighted by Crippen LogP contribution is -2.52. The number of hydrogen-bond donors (Lipinski definition) is 0. The Balaban J connectivity index is 1.54. The van der Waals surface area contributed by atoms with Crippen molar-refractivity contribution in [2.45, 2.75) is 6.54 Å². The number of piperazine rings is 1. The first-order valence-electron chi connectivity index (χ1n) is 8.63. The van der Waals surface area contributed by atoms with Gasteiger partial charge in [0.25, 0.3) is 0 Å². The highest BCUT2D eigenvalue weighted by Gasteiger charge is 2.28. The van der Waals surface area contributed by atoms with Gasteiger partial charge in [-0.25, -0.2) is 4.39 Å². The molecule has 6 heteroatoms. The van der Waals surface area contributed by atoms with Crippen LogP contribution in [0.2, 0.25) is 0 Å². The van der Waals surface area contributed by atoms with Crippen LogP contribution in [0.4, 0.5) is 10.1 Å². The average Bonchev–Trinajstić information content (AvgIpc) is 2.68. The molecule has 0 aliphatic carbocycles. The molecule has 1 aliphatic heterocycles. The quantitative estimate of drug-likeness (QED) is 0.793. The molecule has 3 rings (SSSR count). The Kier molecular flexibility index (Phi) is 5.51. The van der Waals surface area contributed by atoms with Gasteiger partial charge in [-0.05, 0) is 29.8 Å². The monoisotopic (exact) mass is 355 g/mol. The molecular weight excluding hydrogens is 333 g/mol. The number of likely N-dealkylation sites (N-methyl/N-ethyl adjacent to an activating group) is 1. The summed E-state index contributed by atoms with van der Waals surface area (Å²) >= 11 is 0. The van der Waals surface area contributed by atoms with Crippen molar-refractivity contribution in [2.24, 2.45) is 0 Å². The van der Waals surface area contributed by atoms with Crippen LogP contribution >= 0.6 is 0 Å². The molecule has 136 valence electrons. The van der Waals surface area contributed by atoms with Crippen LogP contribution in [0.25, 0.3) is 0 Å². The summed E-state index contributed by atoms with van der Waals surface area (Å²) in [6, 6.07) is 15.9. The van der Waals surface area contributed by atoms with E-state index in [9.17, 15) is 14.0 Å². The Bertz CT molecular complexity index is 756. The Morgan fingerprint density at radius 3 is 2.19 bits per heavy atom. The van der Waals surface area contributed by atoms with Crippen LogP contribution in [0.15, 0.2) is 54.6 Å². The molecule has 1 aliphatic rings. The summed E-state index contributed by atoms with van der Waals surface area (Å²) in [6.07, 6.45) is 0. The molecule has 2 aromatic rings. The van der Waals surface area contributed by atoms with Crippen LogP contribution in [0.3, 0.4) is 0 Å². The van der Waals surface area contributed by atoms with Crippen molar-refractivity contribution in [1.82, 2.24) is 9.80 Å². The van der Waals surface area contributed by atoms with Crippen molar-refractivity contribution < 1.29 is 14.0 Å². The second-order valence-electron chi connectivity index (χ2n) is 6.40. The number of benzene rings is 2. The fourth-order valence-electron chi connectivity index (χ4n) is 3.05. The topological polar surface area (TPSA) is 43.9 Å². The zero-order valence-corrected chi connectivity index (χ0v) is 14.8. The number of anilines is 1. The van der Waals surface area contributed by atoms with Crippen molar-refractivity contribution in [3.8, 4) is 0 Å². The van der Waals surface area contributed by atoms with E-state index in [-0.39, 0.29) is 5.82 Å². The van der Waals surface area contributed by atoms with Gasteiger partial charge in [0.2, 0.25) is 0 Å².